The van der Waals surface area contributed by atoms with Gasteiger partial charge in [-0.3, -0.25) is 4.57 Å². The lowest BCUT2D eigenvalue weighted by Crippen LogP contribution is -2.46. The van der Waals surface area contributed by atoms with Gasteiger partial charge in [0.25, 0.3) is 0 Å². The molecule has 0 heterocycles. The van der Waals surface area contributed by atoms with Gasteiger partial charge in [0.15, 0.2) is 6.29 Å². The topological polar surface area (TPSA) is 46.5 Å². The van der Waals surface area contributed by atoms with Crippen LogP contribution in [0.15, 0.2) is 0 Å². The van der Waals surface area contributed by atoms with Crippen LogP contribution in [0.3, 0.4) is 0 Å². The third kappa shape index (κ3) is 18.6. The molecule has 1 N–H and O–H groups in total. The van der Waals surface area contributed by atoms with Crippen LogP contribution in [0.2, 0.25) is 0 Å². The van der Waals surface area contributed by atoms with Gasteiger partial charge in [0.2, 0.25) is 0 Å². The van der Waals surface area contributed by atoms with Gasteiger partial charge in [-0.15, -0.1) is 0 Å². The monoisotopic (exact) mass is 434 g/mol. The molecule has 5 heteroatoms. The zero-order valence-corrected chi connectivity index (χ0v) is 21.2. The number of hydrogen-bond acceptors (Lipinski definition) is 2. The van der Waals surface area contributed by atoms with Gasteiger partial charge in [-0.2, -0.15) is 0 Å². The van der Waals surface area contributed by atoms with Gasteiger partial charge in [-0.05, 0) is 32.1 Å². The van der Waals surface area contributed by atoms with Crippen molar-refractivity contribution in [2.75, 3.05) is 33.0 Å². The Balaban J connectivity index is 4.47. The van der Waals surface area contributed by atoms with Crippen LogP contribution in [-0.2, 0) is 9.09 Å². The maximum atomic E-state index is 12.7. The first-order valence-electron chi connectivity index (χ1n) is 12.7. The van der Waals surface area contributed by atoms with Gasteiger partial charge in [-0.25, -0.2) is 0 Å². The molecule has 0 fully saturated rings. The summed E-state index contributed by atoms with van der Waals surface area (Å²) in [6.07, 6.45) is 19.7. The molecule has 0 aromatic carbocycles. The Hall–Kier alpha value is 0.110. The molecule has 0 saturated heterocycles. The van der Waals surface area contributed by atoms with Gasteiger partial charge in [0.1, 0.15) is 0 Å². The molecule has 0 bridgehead atoms. The van der Waals surface area contributed by atoms with Crippen LogP contribution in [0.5, 0.6) is 0 Å². The highest BCUT2D eigenvalue weighted by atomic mass is 31.2. The fourth-order valence-corrected chi connectivity index (χ4v) is 5.65. The molecule has 0 aliphatic rings. The summed E-state index contributed by atoms with van der Waals surface area (Å²) in [5.74, 6) is 0. The molecule has 0 spiro atoms. The molecular weight excluding hydrogens is 381 g/mol. The molecule has 0 aromatic rings. The highest BCUT2D eigenvalue weighted by Gasteiger charge is 2.33. The molecule has 1 unspecified atom stereocenters. The Kier molecular flexibility index (Phi) is 18.9. The lowest BCUT2D eigenvalue weighted by molar-refractivity contribution is -0.899. The average Bonchev–Trinajstić information content (AvgIpc) is 2.67. The highest BCUT2D eigenvalue weighted by molar-refractivity contribution is 7.52. The van der Waals surface area contributed by atoms with E-state index in [1.165, 1.54) is 77.0 Å². The van der Waals surface area contributed by atoms with E-state index >= 15 is 0 Å². The van der Waals surface area contributed by atoms with E-state index in [4.69, 9.17) is 4.52 Å². The fraction of sp³-hybridized carbons (Fsp3) is 1.00. The minimum absolute atomic E-state index is 0.269. The summed E-state index contributed by atoms with van der Waals surface area (Å²) in [5.41, 5.74) is 0. The van der Waals surface area contributed by atoms with Crippen molar-refractivity contribution in [2.45, 2.75) is 124 Å². The van der Waals surface area contributed by atoms with Gasteiger partial charge in [-0.1, -0.05) is 91.4 Å². The maximum Gasteiger partial charge on any atom is 0.381 e. The van der Waals surface area contributed by atoms with E-state index in [0.717, 1.165) is 38.8 Å². The smallest absolute Gasteiger partial charge is 0.320 e. The van der Waals surface area contributed by atoms with Crippen LogP contribution in [0.25, 0.3) is 0 Å². The van der Waals surface area contributed by atoms with Gasteiger partial charge >= 0.3 is 7.60 Å². The summed E-state index contributed by atoms with van der Waals surface area (Å²) >= 11 is 0. The Morgan fingerprint density at radius 1 is 0.655 bits per heavy atom. The van der Waals surface area contributed by atoms with E-state index in [1.807, 2.05) is 0 Å². The van der Waals surface area contributed by atoms with Crippen LogP contribution in [0.1, 0.15) is 124 Å². The number of nitrogens with zero attached hydrogens (tertiary/aromatic N) is 1. The summed E-state index contributed by atoms with van der Waals surface area (Å²) in [6.45, 7) is 9.06. The molecule has 0 rings (SSSR count). The second kappa shape index (κ2) is 18.8. The summed E-state index contributed by atoms with van der Waals surface area (Å²) < 4.78 is 18.9. The molecule has 0 aliphatic heterocycles. The van der Waals surface area contributed by atoms with Crippen molar-refractivity contribution in [3.05, 3.63) is 0 Å². The van der Waals surface area contributed by atoms with Crippen molar-refractivity contribution >= 4 is 7.60 Å². The van der Waals surface area contributed by atoms with Gasteiger partial charge in [0.05, 0.1) is 26.7 Å². The van der Waals surface area contributed by atoms with E-state index < -0.39 is 7.60 Å². The van der Waals surface area contributed by atoms with Crippen LogP contribution in [-0.4, -0.2) is 42.4 Å². The molecule has 1 atom stereocenters. The molecule has 0 aromatic heterocycles. The number of hydrogen-bond donors (Lipinski definition) is 1. The van der Waals surface area contributed by atoms with Crippen LogP contribution < -0.4 is 0 Å². The van der Waals surface area contributed by atoms with Crippen molar-refractivity contribution in [2.24, 2.45) is 0 Å². The summed E-state index contributed by atoms with van der Waals surface area (Å²) in [7, 11) is -1.35. The Labute approximate surface area is 182 Å². The van der Waals surface area contributed by atoms with Crippen molar-refractivity contribution in [3.63, 3.8) is 0 Å². The first-order valence-corrected chi connectivity index (χ1v) is 14.5. The predicted octanol–water partition coefficient (Wildman–Crippen LogP) is 7.89. The van der Waals surface area contributed by atoms with Crippen LogP contribution in [0, 0.1) is 0 Å². The van der Waals surface area contributed by atoms with E-state index in [0.29, 0.717) is 11.1 Å². The number of unbranched alkanes of at least 4 members (excludes halogenated alkanes) is 13. The van der Waals surface area contributed by atoms with Gasteiger partial charge in [0, 0.05) is 0 Å². The Morgan fingerprint density at radius 3 is 1.48 bits per heavy atom. The lowest BCUT2D eigenvalue weighted by Gasteiger charge is -2.35. The predicted molar refractivity (Wildman–Crippen MR) is 127 cm³/mol. The van der Waals surface area contributed by atoms with Crippen LogP contribution >= 0.6 is 7.60 Å². The molecule has 0 aliphatic carbocycles. The van der Waals surface area contributed by atoms with Crippen molar-refractivity contribution in [1.82, 2.24) is 0 Å². The quantitative estimate of drug-likeness (QED) is 0.107. The zero-order chi connectivity index (χ0) is 21.8. The first-order chi connectivity index (χ1) is 13.9. The minimum Gasteiger partial charge on any atom is -0.320 e. The summed E-state index contributed by atoms with van der Waals surface area (Å²) in [6, 6.07) is 0. The Morgan fingerprint density at radius 2 is 1.03 bits per heavy atom. The van der Waals surface area contributed by atoms with Crippen LogP contribution in [0.4, 0.5) is 0 Å². The van der Waals surface area contributed by atoms with E-state index in [9.17, 15) is 9.46 Å². The maximum absolute atomic E-state index is 12.7. The van der Waals surface area contributed by atoms with E-state index in [2.05, 4.69) is 27.8 Å². The molecule has 4 nitrogen and oxygen atoms in total. The standard InChI is InChI=1S/C24H52NO3P/c1-5-8-11-14-16-18-21-25(4,22-19-17-15-12-9-6-2)24-29(26,27)28-23-20-13-10-7-3/h5-24H2,1-4H3/p+1. The lowest BCUT2D eigenvalue weighted by atomic mass is 10.1. The minimum atomic E-state index is -3.52. The molecule has 0 radical (unpaired) electrons. The largest absolute Gasteiger partial charge is 0.381 e. The van der Waals surface area contributed by atoms with E-state index in [1.54, 1.807) is 0 Å². The average molecular weight is 435 g/mol. The normalized spacial score (nSPS) is 14.2. The Bertz CT molecular complexity index is 388. The second-order valence-electron chi connectivity index (χ2n) is 9.28. The molecule has 176 valence electrons. The third-order valence-corrected chi connectivity index (χ3v) is 7.54. The first kappa shape index (κ1) is 29.1. The third-order valence-electron chi connectivity index (χ3n) is 5.91. The SMILES string of the molecule is CCCCCCCC[N+](C)(CCCCCCCC)CP(=O)(O)OCCCCCC. The molecule has 0 saturated carbocycles. The number of rotatable bonds is 22. The molecule has 0 amide bonds. The number of quaternary nitrogens is 1. The summed E-state index contributed by atoms with van der Waals surface area (Å²) in [4.78, 5) is 10.5. The van der Waals surface area contributed by atoms with Crippen molar-refractivity contribution in [1.29, 1.82) is 0 Å². The fourth-order valence-electron chi connectivity index (χ4n) is 4.01. The van der Waals surface area contributed by atoms with Gasteiger partial charge < -0.3 is 13.9 Å². The van der Waals surface area contributed by atoms with Crippen molar-refractivity contribution in [3.8, 4) is 0 Å². The summed E-state index contributed by atoms with van der Waals surface area (Å²) in [5, 5.41) is 0. The molecular formula is C24H53NO3P+. The highest BCUT2D eigenvalue weighted by Crippen LogP contribution is 2.44. The molecule has 29 heavy (non-hydrogen) atoms. The zero-order valence-electron chi connectivity index (χ0n) is 20.3. The van der Waals surface area contributed by atoms with E-state index in [-0.39, 0.29) is 6.29 Å². The van der Waals surface area contributed by atoms with Crippen molar-refractivity contribution < 1.29 is 18.5 Å². The second-order valence-corrected chi connectivity index (χ2v) is 11.1.